The molecule has 0 aromatic heterocycles. The zero-order valence-corrected chi connectivity index (χ0v) is 8.01. The van der Waals surface area contributed by atoms with Gasteiger partial charge in [0.1, 0.15) is 18.1 Å². The van der Waals surface area contributed by atoms with Crippen LogP contribution in [0.15, 0.2) is 18.2 Å². The lowest BCUT2D eigenvalue weighted by Crippen LogP contribution is -1.97. The fourth-order valence-electron chi connectivity index (χ4n) is 1.39. The molecular formula is C10H11ClO2. The molecule has 0 radical (unpaired) electrons. The van der Waals surface area contributed by atoms with Crippen LogP contribution in [0.3, 0.4) is 0 Å². The molecule has 0 bridgehead atoms. The predicted octanol–water partition coefficient (Wildman–Crippen LogP) is 2.24. The van der Waals surface area contributed by atoms with Crippen LogP contribution in [-0.4, -0.2) is 19.1 Å². The molecule has 0 aliphatic carbocycles. The Morgan fingerprint density at radius 2 is 2.38 bits per heavy atom. The quantitative estimate of drug-likeness (QED) is 0.694. The lowest BCUT2D eigenvalue weighted by molar-refractivity contribution is 0.333. The number of hydrogen-bond donors (Lipinski definition) is 0. The van der Waals surface area contributed by atoms with E-state index in [-0.39, 0.29) is 0 Å². The van der Waals surface area contributed by atoms with E-state index in [0.29, 0.717) is 12.5 Å². The van der Waals surface area contributed by atoms with Crippen LogP contribution in [-0.2, 0) is 6.42 Å². The summed E-state index contributed by atoms with van der Waals surface area (Å²) in [5.41, 5.74) is 1.26. The molecule has 70 valence electrons. The number of rotatable bonds is 3. The molecule has 1 aromatic rings. The Morgan fingerprint density at radius 3 is 3.23 bits per heavy atom. The number of hydrogen-bond acceptors (Lipinski definition) is 2. The van der Waals surface area contributed by atoms with Crippen LogP contribution in [0.4, 0.5) is 0 Å². The Labute approximate surface area is 82.4 Å². The summed E-state index contributed by atoms with van der Waals surface area (Å²) < 4.78 is 10.8. The van der Waals surface area contributed by atoms with Gasteiger partial charge >= 0.3 is 0 Å². The van der Waals surface area contributed by atoms with Gasteiger partial charge in [-0.2, -0.15) is 0 Å². The summed E-state index contributed by atoms with van der Waals surface area (Å²) >= 11 is 5.51. The molecule has 2 rings (SSSR count). The highest BCUT2D eigenvalue weighted by Crippen LogP contribution is 2.29. The zero-order chi connectivity index (χ0) is 9.10. The molecule has 0 spiro atoms. The van der Waals surface area contributed by atoms with Gasteiger partial charge in [0.25, 0.3) is 0 Å². The van der Waals surface area contributed by atoms with Crippen LogP contribution >= 0.6 is 11.6 Å². The second kappa shape index (κ2) is 3.88. The average Bonchev–Trinajstić information content (AvgIpc) is 2.61. The Balaban J connectivity index is 2.12. The topological polar surface area (TPSA) is 18.5 Å². The van der Waals surface area contributed by atoms with Crippen LogP contribution in [0.25, 0.3) is 0 Å². The molecule has 0 N–H and O–H groups in total. The molecule has 1 aromatic carbocycles. The summed E-state index contributed by atoms with van der Waals surface area (Å²) in [6, 6.07) is 5.93. The normalized spacial score (nSPS) is 13.6. The van der Waals surface area contributed by atoms with Gasteiger partial charge < -0.3 is 9.47 Å². The first-order chi connectivity index (χ1) is 6.40. The molecule has 0 fully saturated rings. The molecule has 3 heteroatoms. The van der Waals surface area contributed by atoms with Gasteiger partial charge in [0.15, 0.2) is 0 Å². The van der Waals surface area contributed by atoms with Crippen molar-refractivity contribution in [3.63, 3.8) is 0 Å². The Kier molecular flexibility index (Phi) is 2.60. The summed E-state index contributed by atoms with van der Waals surface area (Å²) in [5, 5.41) is 0. The maximum Gasteiger partial charge on any atom is 0.126 e. The fourth-order valence-corrected chi connectivity index (χ4v) is 1.47. The fraction of sp³-hybridized carbons (Fsp3) is 0.400. The lowest BCUT2D eigenvalue weighted by Gasteiger charge is -2.05. The van der Waals surface area contributed by atoms with E-state index in [0.717, 1.165) is 24.5 Å². The highest BCUT2D eigenvalue weighted by atomic mass is 35.5. The monoisotopic (exact) mass is 198 g/mol. The van der Waals surface area contributed by atoms with Crippen molar-refractivity contribution >= 4 is 11.6 Å². The minimum atomic E-state index is 0.512. The smallest absolute Gasteiger partial charge is 0.126 e. The van der Waals surface area contributed by atoms with Crippen molar-refractivity contribution in [3.8, 4) is 11.5 Å². The van der Waals surface area contributed by atoms with Crippen LogP contribution in [0, 0.1) is 0 Å². The van der Waals surface area contributed by atoms with Gasteiger partial charge in [-0.25, -0.2) is 0 Å². The van der Waals surface area contributed by atoms with Crippen molar-refractivity contribution in [1.82, 2.24) is 0 Å². The highest BCUT2D eigenvalue weighted by Gasteiger charge is 2.11. The van der Waals surface area contributed by atoms with E-state index in [4.69, 9.17) is 21.1 Å². The van der Waals surface area contributed by atoms with Crippen molar-refractivity contribution in [2.45, 2.75) is 6.42 Å². The van der Waals surface area contributed by atoms with Crippen molar-refractivity contribution in [2.75, 3.05) is 19.1 Å². The first kappa shape index (κ1) is 8.70. The van der Waals surface area contributed by atoms with E-state index in [2.05, 4.69) is 0 Å². The molecule has 1 aliphatic heterocycles. The molecule has 1 heterocycles. The second-order valence-electron chi connectivity index (χ2n) is 2.91. The first-order valence-electron chi connectivity index (χ1n) is 4.34. The maximum atomic E-state index is 5.51. The molecule has 0 saturated carbocycles. The van der Waals surface area contributed by atoms with Gasteiger partial charge in [-0.15, -0.1) is 11.6 Å². The first-order valence-corrected chi connectivity index (χ1v) is 4.88. The zero-order valence-electron chi connectivity index (χ0n) is 7.25. The number of benzene rings is 1. The molecule has 0 unspecified atom stereocenters. The van der Waals surface area contributed by atoms with E-state index in [9.17, 15) is 0 Å². The third kappa shape index (κ3) is 1.89. The summed E-state index contributed by atoms with van der Waals surface area (Å²) in [7, 11) is 0. The van der Waals surface area contributed by atoms with Crippen LogP contribution in [0.1, 0.15) is 5.56 Å². The minimum Gasteiger partial charge on any atom is -0.493 e. The highest BCUT2D eigenvalue weighted by molar-refractivity contribution is 6.17. The molecule has 0 saturated heterocycles. The van der Waals surface area contributed by atoms with Crippen molar-refractivity contribution < 1.29 is 9.47 Å². The van der Waals surface area contributed by atoms with E-state index < -0.39 is 0 Å². The van der Waals surface area contributed by atoms with Gasteiger partial charge in [0.05, 0.1) is 12.5 Å². The third-order valence-corrected chi connectivity index (χ3v) is 2.17. The number of fused-ring (bicyclic) bond motifs is 1. The van der Waals surface area contributed by atoms with Crippen molar-refractivity contribution in [3.05, 3.63) is 23.8 Å². The Bertz CT molecular complexity index is 299. The van der Waals surface area contributed by atoms with Crippen molar-refractivity contribution in [2.24, 2.45) is 0 Å². The van der Waals surface area contributed by atoms with Gasteiger partial charge in [-0.05, 0) is 11.6 Å². The molecule has 0 atom stereocenters. The van der Waals surface area contributed by atoms with Gasteiger partial charge in [-0.3, -0.25) is 0 Å². The Morgan fingerprint density at radius 1 is 1.46 bits per heavy atom. The molecule has 2 nitrogen and oxygen atoms in total. The lowest BCUT2D eigenvalue weighted by atomic mass is 10.2. The number of alkyl halides is 1. The van der Waals surface area contributed by atoms with Crippen LogP contribution < -0.4 is 9.47 Å². The summed E-state index contributed by atoms with van der Waals surface area (Å²) in [6.07, 6.45) is 1.01. The van der Waals surface area contributed by atoms with Crippen LogP contribution in [0.5, 0.6) is 11.5 Å². The molecule has 13 heavy (non-hydrogen) atoms. The largest absolute Gasteiger partial charge is 0.493 e. The van der Waals surface area contributed by atoms with Crippen LogP contribution in [0.2, 0.25) is 0 Å². The molecular weight excluding hydrogens is 188 g/mol. The van der Waals surface area contributed by atoms with Crippen molar-refractivity contribution in [1.29, 1.82) is 0 Å². The molecule has 1 aliphatic rings. The number of halogens is 1. The van der Waals surface area contributed by atoms with Gasteiger partial charge in [0, 0.05) is 12.5 Å². The number of ether oxygens (including phenoxy) is 2. The van der Waals surface area contributed by atoms with E-state index >= 15 is 0 Å². The third-order valence-electron chi connectivity index (χ3n) is 2.01. The standard InChI is InChI=1S/C10H11ClO2/c11-4-6-12-9-2-1-8-3-5-13-10(8)7-9/h1-2,7H,3-6H2. The summed E-state index contributed by atoms with van der Waals surface area (Å²) in [6.45, 7) is 1.33. The predicted molar refractivity (Wildman–Crippen MR) is 51.9 cm³/mol. The minimum absolute atomic E-state index is 0.512. The van der Waals surface area contributed by atoms with Gasteiger partial charge in [0.2, 0.25) is 0 Å². The summed E-state index contributed by atoms with van der Waals surface area (Å²) in [5.74, 6) is 2.30. The van der Waals surface area contributed by atoms with E-state index in [1.807, 2.05) is 18.2 Å². The second-order valence-corrected chi connectivity index (χ2v) is 3.28. The van der Waals surface area contributed by atoms with E-state index in [1.54, 1.807) is 0 Å². The maximum absolute atomic E-state index is 5.51. The Hall–Kier alpha value is -0.890. The molecule has 0 amide bonds. The SMILES string of the molecule is ClCCOc1ccc2c(c1)OCC2. The van der Waals surface area contributed by atoms with Gasteiger partial charge in [-0.1, -0.05) is 6.07 Å². The average molecular weight is 199 g/mol. The summed E-state index contributed by atoms with van der Waals surface area (Å²) in [4.78, 5) is 0. The van der Waals surface area contributed by atoms with E-state index in [1.165, 1.54) is 5.56 Å².